The number of rotatable bonds is 4. The van der Waals surface area contributed by atoms with Gasteiger partial charge in [0.1, 0.15) is 11.9 Å². The van der Waals surface area contributed by atoms with Crippen molar-refractivity contribution < 1.29 is 23.8 Å². The molecule has 192 valence electrons. The lowest BCUT2D eigenvalue weighted by atomic mass is 10.0. The van der Waals surface area contributed by atoms with E-state index in [0.717, 1.165) is 49.7 Å². The third kappa shape index (κ3) is 6.68. The van der Waals surface area contributed by atoms with Crippen LogP contribution in [0.15, 0.2) is 103 Å². The average Bonchev–Trinajstić information content (AvgIpc) is 2.97. The van der Waals surface area contributed by atoms with Crippen LogP contribution in [0.3, 0.4) is 0 Å². The minimum atomic E-state index is -0.430. The van der Waals surface area contributed by atoms with Gasteiger partial charge in [-0.3, -0.25) is 0 Å². The zero-order valence-electron chi connectivity index (χ0n) is 21.2. The summed E-state index contributed by atoms with van der Waals surface area (Å²) in [6.45, 7) is 0. The second-order valence-corrected chi connectivity index (χ2v) is 9.46. The third-order valence-corrected chi connectivity index (χ3v) is 6.65. The minimum Gasteiger partial charge on any atom is -0.459 e. The van der Waals surface area contributed by atoms with Crippen LogP contribution in [0, 0.1) is 0 Å². The van der Waals surface area contributed by atoms with Gasteiger partial charge in [0.15, 0.2) is 11.5 Å². The number of hydrogen-bond donors (Lipinski definition) is 0. The lowest BCUT2D eigenvalue weighted by molar-refractivity contribution is 0.0256. The Morgan fingerprint density at radius 2 is 1.32 bits per heavy atom. The van der Waals surface area contributed by atoms with Crippen LogP contribution in [-0.4, -0.2) is 18.0 Å². The Hall–Kier alpha value is -4.38. The number of esters is 2. The van der Waals surface area contributed by atoms with Gasteiger partial charge in [0.25, 0.3) is 0 Å². The number of carbonyl (C=O) groups excluding carboxylic acids is 2. The molecule has 0 aliphatic carbocycles. The van der Waals surface area contributed by atoms with Crippen LogP contribution in [0.4, 0.5) is 0 Å². The molecule has 2 aliphatic heterocycles. The van der Waals surface area contributed by atoms with Gasteiger partial charge in [0.2, 0.25) is 0 Å². The number of fused-ring (bicyclic) bond motifs is 8. The highest BCUT2D eigenvalue weighted by Gasteiger charge is 2.18. The van der Waals surface area contributed by atoms with Gasteiger partial charge in [-0.05, 0) is 98.2 Å². The molecule has 0 fully saturated rings. The van der Waals surface area contributed by atoms with E-state index in [2.05, 4.69) is 0 Å². The number of hydrogen-bond acceptors (Lipinski definition) is 5. The molecule has 4 aromatic rings. The van der Waals surface area contributed by atoms with E-state index in [-0.39, 0.29) is 12.1 Å². The van der Waals surface area contributed by atoms with Crippen molar-refractivity contribution in [2.45, 2.75) is 44.6 Å². The predicted molar refractivity (Wildman–Crippen MR) is 146 cm³/mol. The van der Waals surface area contributed by atoms with Crippen LogP contribution >= 0.6 is 0 Å². The molecule has 6 rings (SSSR count). The summed E-state index contributed by atoms with van der Waals surface area (Å²) in [7, 11) is 0. The highest BCUT2D eigenvalue weighted by atomic mass is 16.6. The third-order valence-electron chi connectivity index (χ3n) is 6.65. The zero-order valence-corrected chi connectivity index (χ0v) is 21.2. The van der Waals surface area contributed by atoms with Gasteiger partial charge in [-0.1, -0.05) is 54.6 Å². The molecule has 0 N–H and O–H groups in total. The lowest BCUT2D eigenvalue weighted by Gasteiger charge is -2.18. The van der Waals surface area contributed by atoms with Crippen molar-refractivity contribution in [2.24, 2.45) is 0 Å². The van der Waals surface area contributed by atoms with Gasteiger partial charge in [0.05, 0.1) is 11.1 Å². The van der Waals surface area contributed by atoms with Gasteiger partial charge < -0.3 is 14.2 Å². The Balaban J connectivity index is 1.33. The molecule has 0 saturated carbocycles. The molecule has 4 bridgehead atoms. The normalized spacial score (nSPS) is 15.4. The van der Waals surface area contributed by atoms with Crippen molar-refractivity contribution in [3.05, 3.63) is 125 Å². The number of carbonyl (C=O) groups is 2. The van der Waals surface area contributed by atoms with Crippen molar-refractivity contribution >= 4 is 11.9 Å². The van der Waals surface area contributed by atoms with Gasteiger partial charge in [-0.15, -0.1) is 0 Å². The standard InChI is InChI=1S/C33H30O5/c34-32(26-10-3-1-4-11-26)37-28-14-8-7-9-25-18-22-30(38-33(35)27-12-5-2-6-13-27)31(23-25)36-29-20-16-24(15-19-28)17-21-29/h1-6,10-13,16-18,20-23,28H,7-9,14-15,19H2/t28-/m0/s1. The van der Waals surface area contributed by atoms with Gasteiger partial charge in [0, 0.05) is 0 Å². The van der Waals surface area contributed by atoms with Crippen molar-refractivity contribution in [3.8, 4) is 17.2 Å². The lowest BCUT2D eigenvalue weighted by Crippen LogP contribution is -2.19. The smallest absolute Gasteiger partial charge is 0.343 e. The van der Waals surface area contributed by atoms with Crippen LogP contribution in [0.1, 0.15) is 57.5 Å². The molecule has 0 spiro atoms. The molecule has 0 saturated heterocycles. The molecule has 0 unspecified atom stereocenters. The molecule has 0 aromatic heterocycles. The fourth-order valence-corrected chi connectivity index (χ4v) is 4.54. The summed E-state index contributed by atoms with van der Waals surface area (Å²) in [5.74, 6) is 0.834. The first kappa shape index (κ1) is 25.3. The highest BCUT2D eigenvalue weighted by molar-refractivity contribution is 5.91. The number of aryl methyl sites for hydroxylation is 2. The molecule has 5 heteroatoms. The van der Waals surface area contributed by atoms with E-state index in [1.54, 1.807) is 42.5 Å². The Labute approximate surface area is 223 Å². The molecular formula is C33H30O5. The number of benzene rings is 4. The molecule has 5 nitrogen and oxygen atoms in total. The van der Waals surface area contributed by atoms with E-state index in [4.69, 9.17) is 14.2 Å². The minimum absolute atomic E-state index is 0.154. The molecule has 2 aliphatic rings. The molecule has 0 amide bonds. The first-order valence-corrected chi connectivity index (χ1v) is 13.1. The maximum atomic E-state index is 12.7. The quantitative estimate of drug-likeness (QED) is 0.211. The second-order valence-electron chi connectivity index (χ2n) is 9.46. The predicted octanol–water partition coefficient (Wildman–Crippen LogP) is 7.58. The highest BCUT2D eigenvalue weighted by Crippen LogP contribution is 2.34. The molecule has 2 heterocycles. The van der Waals surface area contributed by atoms with Crippen LogP contribution in [0.5, 0.6) is 17.2 Å². The topological polar surface area (TPSA) is 61.8 Å². The van der Waals surface area contributed by atoms with Crippen molar-refractivity contribution in [3.63, 3.8) is 0 Å². The average molecular weight is 507 g/mol. The van der Waals surface area contributed by atoms with E-state index in [0.29, 0.717) is 28.4 Å². The Bertz CT molecular complexity index is 1360. The maximum Gasteiger partial charge on any atom is 0.343 e. The largest absolute Gasteiger partial charge is 0.459 e. The summed E-state index contributed by atoms with van der Waals surface area (Å²) < 4.78 is 17.8. The van der Waals surface area contributed by atoms with Crippen molar-refractivity contribution in [1.29, 1.82) is 0 Å². The fourth-order valence-electron chi connectivity index (χ4n) is 4.54. The Morgan fingerprint density at radius 3 is 2.03 bits per heavy atom. The molecule has 1 atom stereocenters. The summed E-state index contributed by atoms with van der Waals surface area (Å²) in [6, 6.07) is 31.6. The molecule has 0 radical (unpaired) electrons. The molecule has 4 aromatic carbocycles. The Morgan fingerprint density at radius 1 is 0.658 bits per heavy atom. The van der Waals surface area contributed by atoms with Gasteiger partial charge in [-0.25, -0.2) is 9.59 Å². The van der Waals surface area contributed by atoms with Gasteiger partial charge >= 0.3 is 11.9 Å². The number of ether oxygens (including phenoxy) is 3. The van der Waals surface area contributed by atoms with Crippen LogP contribution in [-0.2, 0) is 17.6 Å². The van der Waals surface area contributed by atoms with Crippen LogP contribution in [0.25, 0.3) is 0 Å². The first-order valence-electron chi connectivity index (χ1n) is 13.1. The SMILES string of the molecule is O=C(Oc1ccc2cc1Oc1ccc(cc1)CC[C@@H](OC(=O)c1ccccc1)CCCC2)c1ccccc1. The maximum absolute atomic E-state index is 12.7. The summed E-state index contributed by atoms with van der Waals surface area (Å²) in [5, 5.41) is 0. The summed E-state index contributed by atoms with van der Waals surface area (Å²) in [6.07, 6.45) is 4.89. The van der Waals surface area contributed by atoms with Crippen LogP contribution in [0.2, 0.25) is 0 Å². The summed E-state index contributed by atoms with van der Waals surface area (Å²) in [4.78, 5) is 25.4. The first-order chi connectivity index (χ1) is 18.6. The monoisotopic (exact) mass is 506 g/mol. The van der Waals surface area contributed by atoms with E-state index in [1.807, 2.05) is 60.7 Å². The van der Waals surface area contributed by atoms with E-state index >= 15 is 0 Å². The van der Waals surface area contributed by atoms with E-state index < -0.39 is 5.97 Å². The fraction of sp³-hybridized carbons (Fsp3) is 0.212. The van der Waals surface area contributed by atoms with Crippen molar-refractivity contribution in [2.75, 3.05) is 0 Å². The van der Waals surface area contributed by atoms with Crippen LogP contribution < -0.4 is 9.47 Å². The van der Waals surface area contributed by atoms with Gasteiger partial charge in [-0.2, -0.15) is 0 Å². The zero-order chi connectivity index (χ0) is 26.2. The van der Waals surface area contributed by atoms with E-state index in [1.165, 1.54) is 0 Å². The molecular weight excluding hydrogens is 476 g/mol. The second kappa shape index (κ2) is 12.2. The Kier molecular flexibility index (Phi) is 8.14. The molecule has 38 heavy (non-hydrogen) atoms. The summed E-state index contributed by atoms with van der Waals surface area (Å²) >= 11 is 0. The van der Waals surface area contributed by atoms with Crippen molar-refractivity contribution in [1.82, 2.24) is 0 Å². The summed E-state index contributed by atoms with van der Waals surface area (Å²) in [5.41, 5.74) is 3.28. The van der Waals surface area contributed by atoms with E-state index in [9.17, 15) is 9.59 Å².